The smallest absolute Gasteiger partial charge is 0.289 e. The van der Waals surface area contributed by atoms with Crippen molar-refractivity contribution in [1.82, 2.24) is 14.5 Å². The predicted octanol–water partition coefficient (Wildman–Crippen LogP) is 5.82. The van der Waals surface area contributed by atoms with Crippen molar-refractivity contribution in [2.75, 3.05) is 14.1 Å². The lowest BCUT2D eigenvalue weighted by Gasteiger charge is -2.17. The van der Waals surface area contributed by atoms with Gasteiger partial charge < -0.3 is 9.47 Å². The Balaban J connectivity index is 0.000000500. The highest BCUT2D eigenvalue weighted by atomic mass is 19.1. The molecule has 1 amide bonds. The van der Waals surface area contributed by atoms with Crippen molar-refractivity contribution >= 4 is 16.9 Å². The minimum Gasteiger partial charge on any atom is -0.342 e. The molecule has 2 aromatic rings. The summed E-state index contributed by atoms with van der Waals surface area (Å²) in [5, 5.41) is 0. The zero-order valence-electron chi connectivity index (χ0n) is 17.2. The average molecular weight is 364 g/mol. The number of unbranched alkanes of at least 4 members (excludes halogenated alkanes) is 1. The Morgan fingerprint density at radius 1 is 1.19 bits per heavy atom. The Bertz CT molecular complexity index is 686. The number of benzene rings is 1. The first-order valence-electron chi connectivity index (χ1n) is 9.89. The first kappa shape index (κ1) is 22.1. The van der Waals surface area contributed by atoms with E-state index >= 15 is 0 Å². The molecule has 1 aliphatic carbocycles. The lowest BCUT2D eigenvalue weighted by atomic mass is 10.2. The highest BCUT2D eigenvalue weighted by molar-refractivity contribution is 5.94. The van der Waals surface area contributed by atoms with Crippen molar-refractivity contribution in [1.29, 1.82) is 0 Å². The second-order valence-electron chi connectivity index (χ2n) is 6.55. The minimum absolute atomic E-state index is 0.174. The van der Waals surface area contributed by atoms with Crippen molar-refractivity contribution in [2.45, 2.75) is 72.3 Å². The maximum Gasteiger partial charge on any atom is 0.289 e. The summed E-state index contributed by atoms with van der Waals surface area (Å²) in [6.45, 7) is 8.36. The summed E-state index contributed by atoms with van der Waals surface area (Å²) < 4.78 is 15.9. The van der Waals surface area contributed by atoms with Gasteiger partial charge in [-0.15, -0.1) is 0 Å². The summed E-state index contributed by atoms with van der Waals surface area (Å²) >= 11 is 0. The number of rotatable bonds is 3. The molecule has 1 aliphatic rings. The number of halogens is 1. The molecule has 0 aliphatic heterocycles. The van der Waals surface area contributed by atoms with Crippen LogP contribution in [-0.4, -0.2) is 34.5 Å². The first-order chi connectivity index (χ1) is 12.5. The first-order valence-corrected chi connectivity index (χ1v) is 9.89. The van der Waals surface area contributed by atoms with E-state index in [0.29, 0.717) is 11.3 Å². The summed E-state index contributed by atoms with van der Waals surface area (Å²) in [7, 11) is 3.38. The van der Waals surface area contributed by atoms with E-state index < -0.39 is 0 Å². The van der Waals surface area contributed by atoms with Gasteiger partial charge in [0.05, 0.1) is 5.52 Å². The monoisotopic (exact) mass is 363 g/mol. The molecule has 0 atom stereocenters. The molecule has 26 heavy (non-hydrogen) atoms. The van der Waals surface area contributed by atoms with Gasteiger partial charge in [0.15, 0.2) is 5.82 Å². The minimum atomic E-state index is -0.368. The standard InChI is InChI=1S/C15H18FN3O.C4H10.C2H6/c1-18(2)15(20)14-17-13-11(16)8-5-9-12(13)19(14)10-6-3-4-7-10;1-3-4-2;1-2/h5,8-10H,3-4,6-7H2,1-2H3;3-4H2,1-2H3;1-2H3. The van der Waals surface area contributed by atoms with Crippen LogP contribution < -0.4 is 0 Å². The number of carbonyl (C=O) groups is 1. The molecule has 1 saturated carbocycles. The molecule has 0 unspecified atom stereocenters. The maximum absolute atomic E-state index is 13.9. The maximum atomic E-state index is 13.9. The molecule has 1 heterocycles. The van der Waals surface area contributed by atoms with Crippen LogP contribution in [0.4, 0.5) is 4.39 Å². The van der Waals surface area contributed by atoms with Gasteiger partial charge in [0.2, 0.25) is 5.82 Å². The largest absolute Gasteiger partial charge is 0.342 e. The highest BCUT2D eigenvalue weighted by Crippen LogP contribution is 2.34. The Kier molecular flexibility index (Phi) is 9.31. The van der Waals surface area contributed by atoms with Crippen LogP contribution in [0.3, 0.4) is 0 Å². The van der Waals surface area contributed by atoms with Crippen molar-refractivity contribution in [2.24, 2.45) is 0 Å². The van der Waals surface area contributed by atoms with Gasteiger partial charge in [-0.05, 0) is 25.0 Å². The summed E-state index contributed by atoms with van der Waals surface area (Å²) in [6.07, 6.45) is 6.98. The van der Waals surface area contributed by atoms with Crippen molar-refractivity contribution in [3.05, 3.63) is 29.8 Å². The second kappa shape index (κ2) is 10.9. The fraction of sp³-hybridized carbons (Fsp3) is 0.619. The number of fused-ring (bicyclic) bond motifs is 1. The number of carbonyl (C=O) groups excluding carboxylic acids is 1. The van der Waals surface area contributed by atoms with Crippen molar-refractivity contribution < 1.29 is 9.18 Å². The summed E-state index contributed by atoms with van der Waals surface area (Å²) in [5.41, 5.74) is 1.02. The topological polar surface area (TPSA) is 38.1 Å². The Morgan fingerprint density at radius 3 is 2.27 bits per heavy atom. The van der Waals surface area contributed by atoms with E-state index in [1.54, 1.807) is 20.2 Å². The lowest BCUT2D eigenvalue weighted by Crippen LogP contribution is -2.26. The van der Waals surface area contributed by atoms with Gasteiger partial charge >= 0.3 is 0 Å². The van der Waals surface area contributed by atoms with Gasteiger partial charge in [0.25, 0.3) is 5.91 Å². The molecule has 4 nitrogen and oxygen atoms in total. The van der Waals surface area contributed by atoms with Gasteiger partial charge in [-0.1, -0.05) is 59.4 Å². The summed E-state index contributed by atoms with van der Waals surface area (Å²) in [4.78, 5) is 18.1. The van der Waals surface area contributed by atoms with E-state index in [2.05, 4.69) is 18.8 Å². The van der Waals surface area contributed by atoms with Crippen LogP contribution in [0.25, 0.3) is 11.0 Å². The Hall–Kier alpha value is -1.91. The third-order valence-corrected chi connectivity index (χ3v) is 4.46. The van der Waals surface area contributed by atoms with E-state index in [4.69, 9.17) is 0 Å². The molecule has 0 bridgehead atoms. The zero-order valence-corrected chi connectivity index (χ0v) is 17.2. The fourth-order valence-corrected chi connectivity index (χ4v) is 2.97. The van der Waals surface area contributed by atoms with Gasteiger partial charge in [-0.25, -0.2) is 9.37 Å². The normalized spacial score (nSPS) is 13.7. The highest BCUT2D eigenvalue weighted by Gasteiger charge is 2.27. The van der Waals surface area contributed by atoms with E-state index in [-0.39, 0.29) is 17.8 Å². The van der Waals surface area contributed by atoms with Crippen LogP contribution in [-0.2, 0) is 0 Å². The molecule has 1 aromatic heterocycles. The molecule has 5 heteroatoms. The van der Waals surface area contributed by atoms with Crippen LogP contribution >= 0.6 is 0 Å². The number of imidazole rings is 1. The van der Waals surface area contributed by atoms with Gasteiger partial charge in [-0.2, -0.15) is 0 Å². The molecule has 3 rings (SSSR count). The lowest BCUT2D eigenvalue weighted by molar-refractivity contribution is 0.0809. The van der Waals surface area contributed by atoms with E-state index in [1.165, 1.54) is 23.8 Å². The third kappa shape index (κ3) is 5.05. The molecule has 146 valence electrons. The fourth-order valence-electron chi connectivity index (χ4n) is 2.97. The number of aromatic nitrogens is 2. The number of hydrogen-bond donors (Lipinski definition) is 0. The third-order valence-electron chi connectivity index (χ3n) is 4.46. The molecule has 0 radical (unpaired) electrons. The molecular formula is C21H34FN3O. The van der Waals surface area contributed by atoms with Crippen LogP contribution in [0.2, 0.25) is 0 Å². The van der Waals surface area contributed by atoms with Crippen molar-refractivity contribution in [3.8, 4) is 0 Å². The average Bonchev–Trinajstić information content (AvgIpc) is 3.30. The molecular weight excluding hydrogens is 329 g/mol. The molecule has 0 N–H and O–H groups in total. The molecule has 1 fully saturated rings. The number of nitrogens with zero attached hydrogens (tertiary/aromatic N) is 3. The van der Waals surface area contributed by atoms with Crippen LogP contribution in [0.1, 0.15) is 82.9 Å². The SMILES string of the molecule is CC.CCCC.CN(C)C(=O)c1nc2c(F)cccc2n1C1CCCC1. The van der Waals surface area contributed by atoms with Crippen LogP contribution in [0.15, 0.2) is 18.2 Å². The molecule has 1 aromatic carbocycles. The Morgan fingerprint density at radius 2 is 1.77 bits per heavy atom. The van der Waals surface area contributed by atoms with Crippen LogP contribution in [0, 0.1) is 5.82 Å². The molecule has 0 saturated heterocycles. The van der Waals surface area contributed by atoms with E-state index in [9.17, 15) is 9.18 Å². The van der Waals surface area contributed by atoms with Crippen molar-refractivity contribution in [3.63, 3.8) is 0 Å². The van der Waals surface area contributed by atoms with Gasteiger partial charge in [-0.3, -0.25) is 4.79 Å². The number of hydrogen-bond acceptors (Lipinski definition) is 2. The zero-order chi connectivity index (χ0) is 19.7. The predicted molar refractivity (Wildman–Crippen MR) is 107 cm³/mol. The summed E-state index contributed by atoms with van der Waals surface area (Å²) in [5.74, 6) is -0.193. The second-order valence-corrected chi connectivity index (χ2v) is 6.55. The quantitative estimate of drug-likeness (QED) is 0.688. The van der Waals surface area contributed by atoms with Crippen LogP contribution in [0.5, 0.6) is 0 Å². The van der Waals surface area contributed by atoms with Gasteiger partial charge in [0, 0.05) is 20.1 Å². The molecule has 0 spiro atoms. The summed E-state index contributed by atoms with van der Waals surface area (Å²) in [6, 6.07) is 5.16. The number of amides is 1. The Labute approximate surface area is 157 Å². The number of para-hydroxylation sites is 1. The van der Waals surface area contributed by atoms with Gasteiger partial charge in [0.1, 0.15) is 5.52 Å². The van der Waals surface area contributed by atoms with E-state index in [1.807, 2.05) is 24.5 Å². The van der Waals surface area contributed by atoms with E-state index in [0.717, 1.165) is 31.2 Å².